The van der Waals surface area contributed by atoms with Crippen molar-refractivity contribution in [3.05, 3.63) is 103 Å². The van der Waals surface area contributed by atoms with Crippen LogP contribution in [0.1, 0.15) is 10.4 Å². The molecule has 26 heavy (non-hydrogen) atoms. The lowest BCUT2D eigenvalue weighted by Gasteiger charge is -2.08. The van der Waals surface area contributed by atoms with Gasteiger partial charge in [-0.15, -0.1) is 0 Å². The zero-order valence-electron chi connectivity index (χ0n) is 14.0. The minimum absolute atomic E-state index is 0.165. The Kier molecular flexibility index (Phi) is 4.31. The van der Waals surface area contributed by atoms with E-state index < -0.39 is 0 Å². The van der Waals surface area contributed by atoms with Crippen molar-refractivity contribution >= 4 is 11.7 Å². The summed E-state index contributed by atoms with van der Waals surface area (Å²) < 4.78 is 1.75. The molecule has 0 spiro atoms. The molecule has 0 bridgehead atoms. The van der Waals surface area contributed by atoms with E-state index in [2.05, 4.69) is 5.32 Å². The Morgan fingerprint density at radius 1 is 0.769 bits per heavy atom. The van der Waals surface area contributed by atoms with E-state index in [1.165, 1.54) is 0 Å². The molecule has 0 aliphatic rings. The summed E-state index contributed by atoms with van der Waals surface area (Å²) in [6.07, 6.45) is 0. The molecule has 0 atom stereocenters. The van der Waals surface area contributed by atoms with E-state index in [0.717, 1.165) is 16.9 Å². The largest absolute Gasteiger partial charge is 0.306 e. The monoisotopic (exact) mass is 339 g/mol. The van der Waals surface area contributed by atoms with Crippen LogP contribution in [0.3, 0.4) is 0 Å². The van der Waals surface area contributed by atoms with Gasteiger partial charge in [0.25, 0.3) is 5.91 Å². The van der Waals surface area contributed by atoms with Crippen LogP contribution < -0.4 is 5.32 Å². The summed E-state index contributed by atoms with van der Waals surface area (Å²) in [5, 5.41) is 7.68. The number of nitrogens with zero attached hydrogens (tertiary/aromatic N) is 2. The van der Waals surface area contributed by atoms with Crippen molar-refractivity contribution in [3.63, 3.8) is 0 Å². The smallest absolute Gasteiger partial charge is 0.256 e. The number of nitrogens with one attached hydrogen (secondary N) is 1. The number of carbonyl (C=O) groups excluding carboxylic acids is 1. The third-order valence-corrected chi connectivity index (χ3v) is 4.06. The molecule has 1 amide bonds. The minimum Gasteiger partial charge on any atom is -0.306 e. The van der Waals surface area contributed by atoms with E-state index in [-0.39, 0.29) is 5.91 Å². The van der Waals surface area contributed by atoms with Crippen LogP contribution in [0.15, 0.2) is 97.1 Å². The van der Waals surface area contributed by atoms with Gasteiger partial charge in [-0.3, -0.25) is 4.79 Å². The van der Waals surface area contributed by atoms with Crippen LogP contribution in [-0.2, 0) is 0 Å². The molecule has 0 saturated carbocycles. The van der Waals surface area contributed by atoms with Gasteiger partial charge >= 0.3 is 0 Å². The van der Waals surface area contributed by atoms with Crippen LogP contribution in [0.4, 0.5) is 5.82 Å². The van der Waals surface area contributed by atoms with Crippen molar-refractivity contribution in [3.8, 4) is 16.9 Å². The molecule has 126 valence electrons. The van der Waals surface area contributed by atoms with Crippen molar-refractivity contribution < 1.29 is 4.79 Å². The zero-order chi connectivity index (χ0) is 17.8. The topological polar surface area (TPSA) is 46.9 Å². The summed E-state index contributed by atoms with van der Waals surface area (Å²) in [6, 6.07) is 30.7. The lowest BCUT2D eigenvalue weighted by atomic mass is 10.1. The van der Waals surface area contributed by atoms with E-state index in [1.807, 2.05) is 84.9 Å². The molecule has 0 aliphatic heterocycles. The van der Waals surface area contributed by atoms with Gasteiger partial charge in [0.2, 0.25) is 0 Å². The fourth-order valence-electron chi connectivity index (χ4n) is 2.76. The van der Waals surface area contributed by atoms with Gasteiger partial charge in [-0.05, 0) is 24.3 Å². The molecule has 0 saturated heterocycles. The fourth-order valence-corrected chi connectivity index (χ4v) is 2.76. The highest BCUT2D eigenvalue weighted by atomic mass is 16.1. The van der Waals surface area contributed by atoms with E-state index in [4.69, 9.17) is 5.10 Å². The highest BCUT2D eigenvalue weighted by molar-refractivity contribution is 6.04. The summed E-state index contributed by atoms with van der Waals surface area (Å²) in [6.45, 7) is 0. The molecular formula is C22H17N3O. The zero-order valence-corrected chi connectivity index (χ0v) is 14.0. The number of anilines is 1. The molecule has 4 aromatic rings. The first-order chi connectivity index (χ1) is 12.8. The van der Waals surface area contributed by atoms with Gasteiger partial charge in [0.1, 0.15) is 5.82 Å². The van der Waals surface area contributed by atoms with E-state index in [9.17, 15) is 4.79 Å². The van der Waals surface area contributed by atoms with Gasteiger partial charge in [0, 0.05) is 17.2 Å². The van der Waals surface area contributed by atoms with Crippen LogP contribution in [0.2, 0.25) is 0 Å². The first-order valence-corrected chi connectivity index (χ1v) is 8.38. The number of carbonyl (C=O) groups is 1. The highest BCUT2D eigenvalue weighted by Crippen LogP contribution is 2.25. The maximum Gasteiger partial charge on any atom is 0.256 e. The predicted octanol–water partition coefficient (Wildman–Crippen LogP) is 4.79. The van der Waals surface area contributed by atoms with E-state index >= 15 is 0 Å². The lowest BCUT2D eigenvalue weighted by molar-refractivity contribution is 0.102. The lowest BCUT2D eigenvalue weighted by Crippen LogP contribution is -2.14. The summed E-state index contributed by atoms with van der Waals surface area (Å²) in [5.41, 5.74) is 3.29. The Morgan fingerprint density at radius 2 is 1.35 bits per heavy atom. The Hall–Kier alpha value is -3.66. The van der Waals surface area contributed by atoms with Gasteiger partial charge in [-0.1, -0.05) is 66.7 Å². The summed E-state index contributed by atoms with van der Waals surface area (Å²) in [5.74, 6) is 0.464. The molecule has 4 rings (SSSR count). The SMILES string of the molecule is O=C(Nc1cc(-c2ccccc2)nn1-c1ccccc1)c1ccccc1. The molecule has 3 aromatic carbocycles. The second-order valence-electron chi connectivity index (χ2n) is 5.85. The van der Waals surface area contributed by atoms with Crippen molar-refractivity contribution in [2.24, 2.45) is 0 Å². The molecule has 0 unspecified atom stereocenters. The molecule has 0 radical (unpaired) electrons. The Labute approximate surface area is 151 Å². The first kappa shape index (κ1) is 15.8. The number of amides is 1. The average molecular weight is 339 g/mol. The molecule has 4 nitrogen and oxygen atoms in total. The number of hydrogen-bond donors (Lipinski definition) is 1. The number of aromatic nitrogens is 2. The van der Waals surface area contributed by atoms with Gasteiger partial charge in [-0.2, -0.15) is 5.10 Å². The van der Waals surface area contributed by atoms with Crippen LogP contribution in [0, 0.1) is 0 Å². The van der Waals surface area contributed by atoms with Crippen molar-refractivity contribution in [2.75, 3.05) is 5.32 Å². The highest BCUT2D eigenvalue weighted by Gasteiger charge is 2.14. The van der Waals surface area contributed by atoms with E-state index in [0.29, 0.717) is 11.4 Å². The maximum absolute atomic E-state index is 12.6. The second kappa shape index (κ2) is 7.07. The molecule has 1 heterocycles. The summed E-state index contributed by atoms with van der Waals surface area (Å²) in [7, 11) is 0. The minimum atomic E-state index is -0.165. The van der Waals surface area contributed by atoms with Crippen LogP contribution in [0.25, 0.3) is 16.9 Å². The third kappa shape index (κ3) is 3.26. The molecule has 4 heteroatoms. The quantitative estimate of drug-likeness (QED) is 0.581. The van der Waals surface area contributed by atoms with Gasteiger partial charge in [0.05, 0.1) is 11.4 Å². The van der Waals surface area contributed by atoms with Gasteiger partial charge in [0.15, 0.2) is 0 Å². The van der Waals surface area contributed by atoms with Crippen LogP contribution in [-0.4, -0.2) is 15.7 Å². The van der Waals surface area contributed by atoms with Crippen molar-refractivity contribution in [1.82, 2.24) is 9.78 Å². The molecule has 0 fully saturated rings. The number of rotatable bonds is 4. The second-order valence-corrected chi connectivity index (χ2v) is 5.85. The Bertz CT molecular complexity index is 1010. The Balaban J connectivity index is 1.75. The van der Waals surface area contributed by atoms with Crippen molar-refractivity contribution in [2.45, 2.75) is 0 Å². The Morgan fingerprint density at radius 3 is 2.00 bits per heavy atom. The van der Waals surface area contributed by atoms with Crippen molar-refractivity contribution in [1.29, 1.82) is 0 Å². The molecule has 0 aliphatic carbocycles. The molecule has 1 aromatic heterocycles. The average Bonchev–Trinajstić information content (AvgIpc) is 3.14. The normalized spacial score (nSPS) is 10.5. The summed E-state index contributed by atoms with van der Waals surface area (Å²) >= 11 is 0. The number of benzene rings is 3. The van der Waals surface area contributed by atoms with Gasteiger partial charge < -0.3 is 5.32 Å². The number of para-hydroxylation sites is 1. The predicted molar refractivity (Wildman–Crippen MR) is 103 cm³/mol. The van der Waals surface area contributed by atoms with Gasteiger partial charge in [-0.25, -0.2) is 4.68 Å². The van der Waals surface area contributed by atoms with Crippen LogP contribution in [0.5, 0.6) is 0 Å². The standard InChI is InChI=1S/C22H17N3O/c26-22(18-12-6-2-7-13-18)23-21-16-20(17-10-4-1-5-11-17)24-25(21)19-14-8-3-9-15-19/h1-16H,(H,23,26). The third-order valence-electron chi connectivity index (χ3n) is 4.06. The maximum atomic E-state index is 12.6. The number of hydrogen-bond acceptors (Lipinski definition) is 2. The van der Waals surface area contributed by atoms with Crippen LogP contribution >= 0.6 is 0 Å². The fraction of sp³-hybridized carbons (Fsp3) is 0. The molecule has 1 N–H and O–H groups in total. The summed E-state index contributed by atoms with van der Waals surface area (Å²) in [4.78, 5) is 12.6. The first-order valence-electron chi connectivity index (χ1n) is 8.38. The van der Waals surface area contributed by atoms with E-state index in [1.54, 1.807) is 16.8 Å². The molecular weight excluding hydrogens is 322 g/mol.